The molecule has 1 aromatic carbocycles. The summed E-state index contributed by atoms with van der Waals surface area (Å²) in [6.45, 7) is 6.14. The highest BCUT2D eigenvalue weighted by Gasteiger charge is 2.25. The highest BCUT2D eigenvalue weighted by Crippen LogP contribution is 2.16. The van der Waals surface area contributed by atoms with Crippen molar-refractivity contribution in [2.45, 2.75) is 20.0 Å². The van der Waals surface area contributed by atoms with Gasteiger partial charge in [-0.3, -0.25) is 18.9 Å². The monoisotopic (exact) mass is 491 g/mol. The lowest BCUT2D eigenvalue weighted by Gasteiger charge is -2.26. The molecule has 9 nitrogen and oxygen atoms in total. The molecule has 1 aliphatic rings. The van der Waals surface area contributed by atoms with E-state index in [9.17, 15) is 14.0 Å². The Kier molecular flexibility index (Phi) is 6.62. The van der Waals surface area contributed by atoms with Crippen LogP contribution in [-0.4, -0.2) is 53.0 Å². The number of aromatic nitrogens is 3. The molecule has 0 atom stereocenters. The average molecular weight is 492 g/mol. The number of nitrogen functional groups attached to an aromatic ring is 1. The minimum atomic E-state index is -0.424. The van der Waals surface area contributed by atoms with Gasteiger partial charge in [0.15, 0.2) is 0 Å². The van der Waals surface area contributed by atoms with Gasteiger partial charge in [0, 0.05) is 37.9 Å². The van der Waals surface area contributed by atoms with Crippen LogP contribution < -0.4 is 21.2 Å². The molecule has 10 heteroatoms. The molecule has 0 bridgehead atoms. The summed E-state index contributed by atoms with van der Waals surface area (Å²) < 4.78 is 21.9. The highest BCUT2D eigenvalue weighted by molar-refractivity contribution is 6.00. The van der Waals surface area contributed by atoms with Crippen LogP contribution in [0.5, 0.6) is 0 Å². The molecule has 36 heavy (non-hydrogen) atoms. The van der Waals surface area contributed by atoms with Gasteiger partial charge in [0.05, 0.1) is 19.8 Å². The minimum absolute atomic E-state index is 0.193. The number of anilines is 1. The fourth-order valence-electron chi connectivity index (χ4n) is 4.46. The van der Waals surface area contributed by atoms with Crippen LogP contribution in [0.2, 0.25) is 0 Å². The summed E-state index contributed by atoms with van der Waals surface area (Å²) >= 11 is 0. The van der Waals surface area contributed by atoms with Crippen LogP contribution in [0.1, 0.15) is 21.5 Å². The molecule has 0 spiro atoms. The van der Waals surface area contributed by atoms with Crippen LogP contribution in [-0.2, 0) is 17.8 Å². The maximum absolute atomic E-state index is 13.5. The van der Waals surface area contributed by atoms with Crippen molar-refractivity contribution in [1.82, 2.24) is 19.6 Å². The number of nitrogens with zero attached hydrogens (tertiary/aromatic N) is 4. The number of ether oxygens (including phenoxy) is 1. The smallest absolute Gasteiger partial charge is 0.278 e. The van der Waals surface area contributed by atoms with E-state index in [0.29, 0.717) is 43.0 Å². The van der Waals surface area contributed by atoms with Gasteiger partial charge in [-0.15, -0.1) is 0 Å². The largest absolute Gasteiger partial charge is 0.379 e. The molecule has 0 saturated carbocycles. The molecule has 3 N–H and O–H groups in total. The van der Waals surface area contributed by atoms with Gasteiger partial charge in [0.25, 0.3) is 17.1 Å². The molecule has 1 saturated heterocycles. The van der Waals surface area contributed by atoms with E-state index in [1.807, 2.05) is 13.0 Å². The zero-order valence-corrected chi connectivity index (χ0v) is 20.0. The predicted octanol–water partition coefficient (Wildman–Crippen LogP) is 1.43. The first kappa shape index (κ1) is 23.8. The van der Waals surface area contributed by atoms with Crippen LogP contribution in [0.15, 0.2) is 53.5 Å². The molecule has 0 radical (unpaired) electrons. The number of carbonyl (C=O) groups excluding carboxylic acids is 1. The van der Waals surface area contributed by atoms with Crippen molar-refractivity contribution >= 4 is 28.4 Å². The summed E-state index contributed by atoms with van der Waals surface area (Å²) in [5.74, 6) is -0.537. The van der Waals surface area contributed by atoms with E-state index in [0.717, 1.165) is 24.2 Å². The van der Waals surface area contributed by atoms with Crippen LogP contribution in [0, 0.1) is 12.7 Å². The summed E-state index contributed by atoms with van der Waals surface area (Å²) in [7, 11) is 0. The Hall–Kier alpha value is -3.89. The maximum Gasteiger partial charge on any atom is 0.278 e. The molecule has 0 unspecified atom stereocenters. The van der Waals surface area contributed by atoms with Crippen LogP contribution in [0.3, 0.4) is 0 Å². The second kappa shape index (κ2) is 10.00. The fraction of sp³-hybridized carbons (Fsp3) is 0.308. The molecular weight excluding hydrogens is 463 g/mol. The van der Waals surface area contributed by atoms with E-state index in [1.165, 1.54) is 22.6 Å². The third kappa shape index (κ3) is 4.65. The number of aryl methyl sites for hydroxylation is 1. The highest BCUT2D eigenvalue weighted by atomic mass is 19.1. The molecule has 0 aliphatic carbocycles. The number of hydrogen-bond acceptors (Lipinski definition) is 6. The SMILES string of the molecule is Cc1cccn2c(=O)c3cc(C(=O)NCc4ccc(F)cc4)c(N)[n+](CCN4CCOCC4)c3nc12. The van der Waals surface area contributed by atoms with Crippen molar-refractivity contribution in [3.63, 3.8) is 0 Å². The van der Waals surface area contributed by atoms with Gasteiger partial charge in [-0.2, -0.15) is 0 Å². The number of halogens is 1. The van der Waals surface area contributed by atoms with E-state index >= 15 is 0 Å². The molecule has 1 amide bonds. The first-order valence-corrected chi connectivity index (χ1v) is 11.9. The number of rotatable bonds is 6. The number of hydrogen-bond donors (Lipinski definition) is 2. The molecule has 1 fully saturated rings. The van der Waals surface area contributed by atoms with Gasteiger partial charge in [-0.1, -0.05) is 23.2 Å². The van der Waals surface area contributed by atoms with E-state index in [-0.39, 0.29) is 29.3 Å². The van der Waals surface area contributed by atoms with Gasteiger partial charge in [-0.25, -0.2) is 8.96 Å². The summed E-state index contributed by atoms with van der Waals surface area (Å²) in [6.07, 6.45) is 1.67. The minimum Gasteiger partial charge on any atom is -0.379 e. The Bertz CT molecular complexity index is 1500. The molecular formula is C26H28FN6O3+. The van der Waals surface area contributed by atoms with Crippen LogP contribution >= 0.6 is 0 Å². The van der Waals surface area contributed by atoms with Gasteiger partial charge in [0.1, 0.15) is 16.8 Å². The average Bonchev–Trinajstić information content (AvgIpc) is 2.89. The summed E-state index contributed by atoms with van der Waals surface area (Å²) in [6, 6.07) is 11.1. The third-order valence-electron chi connectivity index (χ3n) is 6.53. The third-order valence-corrected chi connectivity index (χ3v) is 6.53. The Labute approximate surface area is 206 Å². The molecule has 186 valence electrons. The Morgan fingerprint density at radius 3 is 2.72 bits per heavy atom. The van der Waals surface area contributed by atoms with Gasteiger partial charge < -0.3 is 15.8 Å². The molecule has 4 aromatic rings. The zero-order chi connectivity index (χ0) is 25.2. The second-order valence-corrected chi connectivity index (χ2v) is 8.90. The number of amides is 1. The number of benzene rings is 1. The zero-order valence-electron chi connectivity index (χ0n) is 20.0. The number of nitrogens with one attached hydrogen (secondary N) is 1. The van der Waals surface area contributed by atoms with Crippen molar-refractivity contribution in [3.05, 3.63) is 81.5 Å². The van der Waals surface area contributed by atoms with E-state index in [4.69, 9.17) is 15.5 Å². The second-order valence-electron chi connectivity index (χ2n) is 8.90. The van der Waals surface area contributed by atoms with E-state index in [1.54, 1.807) is 29.0 Å². The lowest BCUT2D eigenvalue weighted by atomic mass is 10.1. The first-order chi connectivity index (χ1) is 17.4. The topological polar surface area (TPSA) is 106 Å². The summed E-state index contributed by atoms with van der Waals surface area (Å²) in [4.78, 5) is 33.7. The number of fused-ring (bicyclic) bond motifs is 2. The van der Waals surface area contributed by atoms with Crippen molar-refractivity contribution in [3.8, 4) is 0 Å². The molecule has 5 rings (SSSR count). The Morgan fingerprint density at radius 1 is 1.22 bits per heavy atom. The lowest BCUT2D eigenvalue weighted by molar-refractivity contribution is -0.658. The van der Waals surface area contributed by atoms with Crippen molar-refractivity contribution in [1.29, 1.82) is 0 Å². The van der Waals surface area contributed by atoms with Gasteiger partial charge >= 0.3 is 0 Å². The normalized spacial score (nSPS) is 14.4. The van der Waals surface area contributed by atoms with Gasteiger partial charge in [-0.05, 0) is 36.8 Å². The molecule has 4 heterocycles. The van der Waals surface area contributed by atoms with Crippen molar-refractivity contribution in [2.75, 3.05) is 38.6 Å². The predicted molar refractivity (Wildman–Crippen MR) is 133 cm³/mol. The molecule has 1 aliphatic heterocycles. The Balaban J connectivity index is 1.57. The number of morpholine rings is 1. The summed E-state index contributed by atoms with van der Waals surface area (Å²) in [5.41, 5.74) is 9.05. The number of nitrogens with two attached hydrogens (primary N) is 1. The number of carbonyl (C=O) groups is 1. The van der Waals surface area contributed by atoms with Crippen LogP contribution in [0.25, 0.3) is 16.7 Å². The van der Waals surface area contributed by atoms with Crippen molar-refractivity contribution < 1.29 is 18.5 Å². The van der Waals surface area contributed by atoms with Crippen molar-refractivity contribution in [2.24, 2.45) is 0 Å². The summed E-state index contributed by atoms with van der Waals surface area (Å²) in [5, 5.41) is 3.13. The number of pyridine rings is 2. The maximum atomic E-state index is 13.5. The fourth-order valence-corrected chi connectivity index (χ4v) is 4.46. The van der Waals surface area contributed by atoms with Crippen LogP contribution in [0.4, 0.5) is 10.2 Å². The Morgan fingerprint density at radius 2 is 1.97 bits per heavy atom. The van der Waals surface area contributed by atoms with E-state index in [2.05, 4.69) is 10.2 Å². The van der Waals surface area contributed by atoms with E-state index < -0.39 is 5.91 Å². The lowest BCUT2D eigenvalue weighted by Crippen LogP contribution is -2.48. The van der Waals surface area contributed by atoms with Gasteiger partial charge in [0.2, 0.25) is 11.5 Å². The quantitative estimate of drug-likeness (QED) is 0.312. The standard InChI is InChI=1S/C26H27FN6O3/c1-17-3-2-8-33-23(17)30-24-21(26(33)35)15-20(25(34)29-16-18-4-6-19(27)7-5-18)22(28)32(24)10-9-31-11-13-36-14-12-31/h2-8,15,28H,9-14,16H2,1H3,(H,29,34)/p+1. The first-order valence-electron chi connectivity index (χ1n) is 11.9. The molecule has 3 aromatic heterocycles.